The van der Waals surface area contributed by atoms with Crippen molar-refractivity contribution in [2.75, 3.05) is 31.9 Å². The van der Waals surface area contributed by atoms with E-state index >= 15 is 0 Å². The fourth-order valence-corrected chi connectivity index (χ4v) is 3.19. The zero-order valence-corrected chi connectivity index (χ0v) is 20.4. The second-order valence-electron chi connectivity index (χ2n) is 6.51. The predicted molar refractivity (Wildman–Crippen MR) is 126 cm³/mol. The maximum atomic E-state index is 13.0. The van der Waals surface area contributed by atoms with Crippen molar-refractivity contribution in [3.8, 4) is 23.0 Å². The van der Waals surface area contributed by atoms with Crippen LogP contribution in [0.2, 0.25) is 5.02 Å². The summed E-state index contributed by atoms with van der Waals surface area (Å²) in [5, 5.41) is 8.35. The number of rotatable bonds is 11. The number of amides is 1. The summed E-state index contributed by atoms with van der Waals surface area (Å²) in [6.45, 7) is 5.52. The summed E-state index contributed by atoms with van der Waals surface area (Å²) in [6, 6.07) is 6.19. The highest BCUT2D eigenvalue weighted by Gasteiger charge is 2.29. The van der Waals surface area contributed by atoms with E-state index in [0.717, 1.165) is 4.42 Å². The number of hydrogen-bond donors (Lipinski definition) is 0. The molecule has 0 heterocycles. The minimum Gasteiger partial charge on any atom is -0.493 e. The highest BCUT2D eigenvalue weighted by atomic mass is 35.5. The number of ether oxygens (including phenoxy) is 4. The standard InChI is InChI=1S/C22H25Cl2N3O6/c1-6-32-19-11-14(23)10-16(21(19)33-7-2)25-26-20(13(3)28)22(29)27(24)15-8-9-17(30-4)18(12-15)31-5/h8-12,20H,6-7H2,1-5H3. The van der Waals surface area contributed by atoms with Gasteiger partial charge in [0.1, 0.15) is 5.69 Å². The third-order valence-electron chi connectivity index (χ3n) is 4.28. The molecule has 2 aromatic carbocycles. The lowest BCUT2D eigenvalue weighted by molar-refractivity contribution is -0.126. The number of carbonyl (C=O) groups excluding carboxylic acids is 2. The first kappa shape index (κ1) is 26.2. The van der Waals surface area contributed by atoms with Crippen molar-refractivity contribution in [2.45, 2.75) is 26.8 Å². The lowest BCUT2D eigenvalue weighted by atomic mass is 10.2. The third kappa shape index (κ3) is 6.49. The van der Waals surface area contributed by atoms with Crippen LogP contribution in [0.4, 0.5) is 11.4 Å². The number of Topliss-reactive ketones (excluding diaryl/α,β-unsaturated/α-hetero) is 1. The van der Waals surface area contributed by atoms with E-state index in [1.54, 1.807) is 25.1 Å². The summed E-state index contributed by atoms with van der Waals surface area (Å²) >= 11 is 12.4. The number of carbonyl (C=O) groups is 2. The second-order valence-corrected chi connectivity index (χ2v) is 7.28. The van der Waals surface area contributed by atoms with Gasteiger partial charge in [0.05, 0.1) is 33.1 Å². The monoisotopic (exact) mass is 497 g/mol. The van der Waals surface area contributed by atoms with Crippen LogP contribution in [0.5, 0.6) is 23.0 Å². The molecule has 0 saturated carbocycles. The van der Waals surface area contributed by atoms with Crippen molar-refractivity contribution in [1.82, 2.24) is 0 Å². The van der Waals surface area contributed by atoms with Gasteiger partial charge in [-0.2, -0.15) is 10.2 Å². The Morgan fingerprint density at radius 3 is 2.24 bits per heavy atom. The van der Waals surface area contributed by atoms with E-state index in [1.807, 2.05) is 6.92 Å². The molecule has 0 spiro atoms. The van der Waals surface area contributed by atoms with E-state index in [-0.39, 0.29) is 11.4 Å². The molecule has 178 valence electrons. The van der Waals surface area contributed by atoms with Crippen LogP contribution in [0.3, 0.4) is 0 Å². The molecular weight excluding hydrogens is 473 g/mol. The topological polar surface area (TPSA) is 99.0 Å². The SMILES string of the molecule is CCOc1cc(Cl)cc(N=NC(C(C)=O)C(=O)N(Cl)c2ccc(OC)c(OC)c2)c1OCC. The zero-order chi connectivity index (χ0) is 24.5. The van der Waals surface area contributed by atoms with Crippen LogP contribution in [-0.4, -0.2) is 45.2 Å². The van der Waals surface area contributed by atoms with E-state index in [9.17, 15) is 9.59 Å². The second kappa shape index (κ2) is 12.3. The molecule has 0 radical (unpaired) electrons. The number of benzene rings is 2. The summed E-state index contributed by atoms with van der Waals surface area (Å²) in [5.74, 6) is 0.125. The van der Waals surface area contributed by atoms with E-state index in [2.05, 4.69) is 10.2 Å². The van der Waals surface area contributed by atoms with Gasteiger partial charge in [-0.1, -0.05) is 11.6 Å². The van der Waals surface area contributed by atoms with Crippen molar-refractivity contribution >= 4 is 46.4 Å². The first-order valence-electron chi connectivity index (χ1n) is 9.99. The molecule has 2 rings (SSSR count). The molecule has 0 aromatic heterocycles. The minimum absolute atomic E-state index is 0.207. The largest absolute Gasteiger partial charge is 0.493 e. The maximum Gasteiger partial charge on any atom is 0.276 e. The highest BCUT2D eigenvalue weighted by molar-refractivity contribution is 6.39. The van der Waals surface area contributed by atoms with Crippen LogP contribution < -0.4 is 23.4 Å². The molecule has 0 aliphatic rings. The zero-order valence-electron chi connectivity index (χ0n) is 18.9. The summed E-state index contributed by atoms with van der Waals surface area (Å²) in [5.41, 5.74) is 0.469. The van der Waals surface area contributed by atoms with E-state index in [1.165, 1.54) is 33.3 Å². The van der Waals surface area contributed by atoms with Crippen LogP contribution >= 0.6 is 23.4 Å². The van der Waals surface area contributed by atoms with Crippen molar-refractivity contribution in [3.05, 3.63) is 35.4 Å². The Hall–Kier alpha value is -3.04. The minimum atomic E-state index is -1.50. The molecule has 11 heteroatoms. The number of hydrogen-bond acceptors (Lipinski definition) is 8. The fourth-order valence-electron chi connectivity index (χ4n) is 2.79. The molecule has 9 nitrogen and oxygen atoms in total. The molecule has 0 fully saturated rings. The molecule has 1 atom stereocenters. The number of halogens is 2. The third-order valence-corrected chi connectivity index (χ3v) is 4.86. The van der Waals surface area contributed by atoms with Crippen LogP contribution in [0.1, 0.15) is 20.8 Å². The van der Waals surface area contributed by atoms with Crippen molar-refractivity contribution < 1.29 is 28.5 Å². The molecule has 33 heavy (non-hydrogen) atoms. The maximum absolute atomic E-state index is 13.0. The normalized spacial score (nSPS) is 11.7. The Morgan fingerprint density at radius 2 is 1.67 bits per heavy atom. The van der Waals surface area contributed by atoms with Gasteiger partial charge in [-0.25, -0.2) is 4.42 Å². The summed E-state index contributed by atoms with van der Waals surface area (Å²) < 4.78 is 22.4. The molecular formula is C22H25Cl2N3O6. The Morgan fingerprint density at radius 1 is 1.00 bits per heavy atom. The van der Waals surface area contributed by atoms with Crippen molar-refractivity contribution in [1.29, 1.82) is 0 Å². The van der Waals surface area contributed by atoms with Gasteiger partial charge < -0.3 is 18.9 Å². The average molecular weight is 498 g/mol. The van der Waals surface area contributed by atoms with Gasteiger partial charge in [0.25, 0.3) is 5.91 Å². The first-order valence-corrected chi connectivity index (χ1v) is 10.7. The van der Waals surface area contributed by atoms with Crippen molar-refractivity contribution in [2.24, 2.45) is 10.2 Å². The van der Waals surface area contributed by atoms with Crippen LogP contribution in [-0.2, 0) is 9.59 Å². The Balaban J connectivity index is 2.40. The number of ketones is 1. The average Bonchev–Trinajstić information content (AvgIpc) is 2.79. The van der Waals surface area contributed by atoms with Crippen LogP contribution in [0, 0.1) is 0 Å². The quantitative estimate of drug-likeness (QED) is 0.234. The molecule has 1 unspecified atom stereocenters. The predicted octanol–water partition coefficient (Wildman–Crippen LogP) is 5.38. The molecule has 2 aromatic rings. The summed E-state index contributed by atoms with van der Waals surface area (Å²) in [4.78, 5) is 25.2. The molecule has 0 saturated heterocycles. The van der Waals surface area contributed by atoms with Gasteiger partial charge in [0, 0.05) is 28.9 Å². The van der Waals surface area contributed by atoms with E-state index in [4.69, 9.17) is 42.3 Å². The summed E-state index contributed by atoms with van der Waals surface area (Å²) in [6.07, 6.45) is 0. The van der Waals surface area contributed by atoms with Gasteiger partial charge in [-0.3, -0.25) is 9.59 Å². The molecule has 1 amide bonds. The molecule has 0 aliphatic heterocycles. The van der Waals surface area contributed by atoms with Gasteiger partial charge in [0.15, 0.2) is 28.8 Å². The van der Waals surface area contributed by atoms with Gasteiger partial charge >= 0.3 is 0 Å². The molecule has 0 aliphatic carbocycles. The smallest absolute Gasteiger partial charge is 0.276 e. The van der Waals surface area contributed by atoms with Gasteiger partial charge in [0.2, 0.25) is 6.04 Å². The Bertz CT molecular complexity index is 1030. The van der Waals surface area contributed by atoms with Crippen LogP contribution in [0.15, 0.2) is 40.6 Å². The lowest BCUT2D eigenvalue weighted by Gasteiger charge is -2.18. The lowest BCUT2D eigenvalue weighted by Crippen LogP contribution is -2.36. The first-order chi connectivity index (χ1) is 15.8. The molecule has 0 bridgehead atoms. The fraction of sp³-hybridized carbons (Fsp3) is 0.364. The number of methoxy groups -OCH3 is 2. The van der Waals surface area contributed by atoms with Crippen molar-refractivity contribution in [3.63, 3.8) is 0 Å². The van der Waals surface area contributed by atoms with E-state index < -0.39 is 17.7 Å². The van der Waals surface area contributed by atoms with Gasteiger partial charge in [-0.15, -0.1) is 0 Å². The highest BCUT2D eigenvalue weighted by Crippen LogP contribution is 2.41. The van der Waals surface area contributed by atoms with Gasteiger partial charge in [-0.05, 0) is 39.0 Å². The Labute approximate surface area is 202 Å². The van der Waals surface area contributed by atoms with Crippen LogP contribution in [0.25, 0.3) is 0 Å². The number of anilines is 1. The number of nitrogens with zero attached hydrogens (tertiary/aromatic N) is 3. The van der Waals surface area contributed by atoms with E-state index in [0.29, 0.717) is 41.2 Å². The Kier molecular flexibility index (Phi) is 9.74. The summed E-state index contributed by atoms with van der Waals surface area (Å²) in [7, 11) is 2.93. The molecule has 0 N–H and O–H groups in total. The number of azo groups is 1.